The van der Waals surface area contributed by atoms with E-state index in [9.17, 15) is 18.7 Å². The van der Waals surface area contributed by atoms with Gasteiger partial charge in [-0.05, 0) is 75.9 Å². The third kappa shape index (κ3) is 7.87. The van der Waals surface area contributed by atoms with Crippen molar-refractivity contribution in [1.29, 1.82) is 0 Å². The van der Waals surface area contributed by atoms with E-state index in [1.807, 2.05) is 18.2 Å². The van der Waals surface area contributed by atoms with Crippen LogP contribution in [0.2, 0.25) is 0 Å². The van der Waals surface area contributed by atoms with Crippen LogP contribution in [0.4, 0.5) is 8.78 Å². The van der Waals surface area contributed by atoms with E-state index in [1.54, 1.807) is 12.1 Å². The highest BCUT2D eigenvalue weighted by Crippen LogP contribution is 2.19. The monoisotopic (exact) mass is 646 g/mol. The van der Waals surface area contributed by atoms with Crippen molar-refractivity contribution >= 4 is 28.5 Å². The van der Waals surface area contributed by atoms with Gasteiger partial charge in [0.1, 0.15) is 18.0 Å². The average molecular weight is 646 g/mol. The molecule has 0 aliphatic carbocycles. The standard InChI is InChI=1S/C28H29F2IN6O2/c1-2-18-4-3-5-19(8-18)15-32-16-27(38)26(11-20-9-22(29)13-23(30)10-20)34-28(39)25-7-6-24(12-21(25)14-31)37-17-33-35-36-37/h3-10,12-13,17,26-27,32,38H,2,11,14-16H2,1H3,(H,34,39)/t26-,27+/m0/s1. The molecule has 39 heavy (non-hydrogen) atoms. The Morgan fingerprint density at radius 3 is 2.51 bits per heavy atom. The van der Waals surface area contributed by atoms with Crippen molar-refractivity contribution in [1.82, 2.24) is 30.8 Å². The normalized spacial score (nSPS) is 12.7. The molecule has 0 fully saturated rings. The number of aliphatic hydroxyl groups is 1. The van der Waals surface area contributed by atoms with E-state index in [4.69, 9.17) is 0 Å². The van der Waals surface area contributed by atoms with Gasteiger partial charge in [-0.2, -0.15) is 0 Å². The van der Waals surface area contributed by atoms with Crippen molar-refractivity contribution in [2.75, 3.05) is 6.54 Å². The van der Waals surface area contributed by atoms with Crippen molar-refractivity contribution < 1.29 is 18.7 Å². The number of alkyl halides is 1. The molecule has 0 saturated carbocycles. The molecule has 3 N–H and O–H groups in total. The molecule has 0 aliphatic rings. The van der Waals surface area contributed by atoms with Gasteiger partial charge in [0, 0.05) is 29.1 Å². The Hall–Kier alpha value is -3.29. The molecule has 4 rings (SSSR count). The zero-order valence-electron chi connectivity index (χ0n) is 21.3. The van der Waals surface area contributed by atoms with E-state index in [0.717, 1.165) is 23.6 Å². The lowest BCUT2D eigenvalue weighted by molar-refractivity contribution is 0.0829. The maximum Gasteiger partial charge on any atom is 0.251 e. The Balaban J connectivity index is 1.51. The predicted molar refractivity (Wildman–Crippen MR) is 152 cm³/mol. The van der Waals surface area contributed by atoms with Crippen molar-refractivity contribution in [3.05, 3.63) is 106 Å². The molecule has 8 nitrogen and oxygen atoms in total. The summed E-state index contributed by atoms with van der Waals surface area (Å²) in [6.45, 7) is 2.77. The van der Waals surface area contributed by atoms with Crippen LogP contribution in [0.3, 0.4) is 0 Å². The van der Waals surface area contributed by atoms with Crippen LogP contribution in [0, 0.1) is 11.6 Å². The van der Waals surface area contributed by atoms with Gasteiger partial charge in [0.2, 0.25) is 0 Å². The number of nitrogens with one attached hydrogen (secondary N) is 2. The number of rotatable bonds is 12. The first-order valence-corrected chi connectivity index (χ1v) is 14.0. The lowest BCUT2D eigenvalue weighted by atomic mass is 9.99. The molecule has 0 radical (unpaired) electrons. The summed E-state index contributed by atoms with van der Waals surface area (Å²) in [5, 5.41) is 28.4. The highest BCUT2D eigenvalue weighted by atomic mass is 127. The molecular formula is C28H29F2IN6O2. The van der Waals surface area contributed by atoms with E-state index in [0.29, 0.717) is 27.8 Å². The summed E-state index contributed by atoms with van der Waals surface area (Å²) in [7, 11) is 0. The maximum absolute atomic E-state index is 13.9. The van der Waals surface area contributed by atoms with Gasteiger partial charge in [0.15, 0.2) is 0 Å². The molecule has 1 aromatic heterocycles. The third-order valence-electron chi connectivity index (χ3n) is 6.33. The summed E-state index contributed by atoms with van der Waals surface area (Å²) in [6.07, 6.45) is 1.39. The third-order valence-corrected chi connectivity index (χ3v) is 7.15. The first-order chi connectivity index (χ1) is 18.9. The van der Waals surface area contributed by atoms with Crippen LogP contribution in [-0.4, -0.2) is 49.9 Å². The second-order valence-corrected chi connectivity index (χ2v) is 9.93. The second-order valence-electron chi connectivity index (χ2n) is 9.16. The number of carbonyl (C=O) groups is 1. The van der Waals surface area contributed by atoms with E-state index < -0.39 is 29.7 Å². The number of benzene rings is 3. The molecule has 0 aliphatic heterocycles. The molecule has 4 aromatic rings. The van der Waals surface area contributed by atoms with E-state index in [1.165, 1.54) is 28.7 Å². The summed E-state index contributed by atoms with van der Waals surface area (Å²) >= 11 is 2.16. The molecule has 1 amide bonds. The molecule has 0 bridgehead atoms. The summed E-state index contributed by atoms with van der Waals surface area (Å²) in [5.74, 6) is -1.84. The van der Waals surface area contributed by atoms with Crippen LogP contribution in [0.5, 0.6) is 0 Å². The molecule has 0 unspecified atom stereocenters. The Morgan fingerprint density at radius 2 is 1.82 bits per heavy atom. The zero-order valence-corrected chi connectivity index (χ0v) is 23.5. The zero-order chi connectivity index (χ0) is 27.8. The average Bonchev–Trinajstić information content (AvgIpc) is 3.47. The molecule has 0 spiro atoms. The second kappa shape index (κ2) is 13.7. The smallest absolute Gasteiger partial charge is 0.251 e. The maximum atomic E-state index is 13.9. The van der Waals surface area contributed by atoms with Crippen LogP contribution < -0.4 is 10.6 Å². The van der Waals surface area contributed by atoms with Gasteiger partial charge >= 0.3 is 0 Å². The van der Waals surface area contributed by atoms with Crippen LogP contribution >= 0.6 is 22.6 Å². The predicted octanol–water partition coefficient (Wildman–Crippen LogP) is 3.93. The van der Waals surface area contributed by atoms with Gasteiger partial charge in [0.25, 0.3) is 5.91 Å². The molecule has 2 atom stereocenters. The minimum absolute atomic E-state index is 0.0386. The fraction of sp³-hybridized carbons (Fsp3) is 0.286. The minimum atomic E-state index is -1.03. The SMILES string of the molecule is CCc1cccc(CNC[C@@H](O)[C@H](Cc2cc(F)cc(F)c2)NC(=O)c2ccc(-n3cnnn3)cc2CI)c1. The van der Waals surface area contributed by atoms with Gasteiger partial charge in [-0.15, -0.1) is 5.10 Å². The van der Waals surface area contributed by atoms with Crippen molar-refractivity contribution in [2.45, 2.75) is 42.9 Å². The highest BCUT2D eigenvalue weighted by molar-refractivity contribution is 14.1. The van der Waals surface area contributed by atoms with Crippen LogP contribution in [0.15, 0.2) is 67.0 Å². The fourth-order valence-corrected chi connectivity index (χ4v) is 4.94. The van der Waals surface area contributed by atoms with Crippen LogP contribution in [-0.2, 0) is 23.8 Å². The topological polar surface area (TPSA) is 105 Å². The van der Waals surface area contributed by atoms with E-state index in [-0.39, 0.29) is 13.0 Å². The molecule has 11 heteroatoms. The number of amides is 1. The molecular weight excluding hydrogens is 617 g/mol. The number of carbonyl (C=O) groups excluding carboxylic acids is 1. The number of tetrazole rings is 1. The van der Waals surface area contributed by atoms with Gasteiger partial charge in [-0.3, -0.25) is 4.79 Å². The van der Waals surface area contributed by atoms with E-state index >= 15 is 0 Å². The number of aromatic nitrogens is 4. The first-order valence-electron chi connectivity index (χ1n) is 12.5. The number of hydrogen-bond donors (Lipinski definition) is 3. The number of hydrogen-bond acceptors (Lipinski definition) is 6. The van der Waals surface area contributed by atoms with Crippen molar-refractivity contribution in [3.8, 4) is 5.69 Å². The highest BCUT2D eigenvalue weighted by Gasteiger charge is 2.24. The Kier molecular flexibility index (Phi) is 10.1. The lowest BCUT2D eigenvalue weighted by Gasteiger charge is -2.25. The Morgan fingerprint density at radius 1 is 1.05 bits per heavy atom. The van der Waals surface area contributed by atoms with E-state index in [2.05, 4.69) is 67.8 Å². The van der Waals surface area contributed by atoms with Gasteiger partial charge in [-0.1, -0.05) is 53.8 Å². The molecule has 1 heterocycles. The molecule has 3 aromatic carbocycles. The minimum Gasteiger partial charge on any atom is -0.390 e. The summed E-state index contributed by atoms with van der Waals surface area (Å²) in [4.78, 5) is 13.4. The number of halogens is 3. The number of nitrogens with zero attached hydrogens (tertiary/aromatic N) is 4. The Bertz CT molecular complexity index is 1380. The summed E-state index contributed by atoms with van der Waals surface area (Å²) in [5.41, 5.74) is 4.49. The quantitative estimate of drug-likeness (QED) is 0.159. The van der Waals surface area contributed by atoms with Crippen molar-refractivity contribution in [3.63, 3.8) is 0 Å². The van der Waals surface area contributed by atoms with Gasteiger partial charge in [0.05, 0.1) is 17.8 Å². The summed E-state index contributed by atoms with van der Waals surface area (Å²) in [6, 6.07) is 15.7. The Labute approximate surface area is 239 Å². The fourth-order valence-electron chi connectivity index (χ4n) is 4.31. The first kappa shape index (κ1) is 28.7. The van der Waals surface area contributed by atoms with Crippen LogP contribution in [0.25, 0.3) is 5.69 Å². The number of aryl methyl sites for hydroxylation is 1. The lowest BCUT2D eigenvalue weighted by Crippen LogP contribution is -2.48. The largest absolute Gasteiger partial charge is 0.390 e. The number of aliphatic hydroxyl groups excluding tert-OH is 1. The molecule has 204 valence electrons. The van der Waals surface area contributed by atoms with Crippen molar-refractivity contribution in [2.24, 2.45) is 0 Å². The van der Waals surface area contributed by atoms with Gasteiger partial charge < -0.3 is 15.7 Å². The van der Waals surface area contributed by atoms with Crippen LogP contribution in [0.1, 0.15) is 39.5 Å². The molecule has 0 saturated heterocycles. The van der Waals surface area contributed by atoms with Gasteiger partial charge in [-0.25, -0.2) is 13.5 Å². The summed E-state index contributed by atoms with van der Waals surface area (Å²) < 4.78 is 29.8.